The summed E-state index contributed by atoms with van der Waals surface area (Å²) in [5, 5.41) is 60.4. The van der Waals surface area contributed by atoms with Gasteiger partial charge in [0.25, 0.3) is 0 Å². The number of imide groups is 1. The van der Waals surface area contributed by atoms with Crippen molar-refractivity contribution in [2.75, 3.05) is 53.0 Å². The molecule has 7 fully saturated rings. The van der Waals surface area contributed by atoms with Crippen molar-refractivity contribution in [1.82, 2.24) is 4.90 Å². The van der Waals surface area contributed by atoms with Gasteiger partial charge in [-0.2, -0.15) is 0 Å². The molecule has 7 aliphatic rings. The molecule has 1 aromatic carbocycles. The molecule has 2 saturated heterocycles. The van der Waals surface area contributed by atoms with Gasteiger partial charge < -0.3 is 54.3 Å². The summed E-state index contributed by atoms with van der Waals surface area (Å²) in [6.07, 6.45) is -1.53. The van der Waals surface area contributed by atoms with E-state index in [4.69, 9.17) is 44.1 Å². The molecular formula is C44H60N2O17. The first-order chi connectivity index (χ1) is 29.5. The summed E-state index contributed by atoms with van der Waals surface area (Å²) in [4.78, 5) is 74.4. The van der Waals surface area contributed by atoms with E-state index < -0.39 is 81.9 Å². The van der Waals surface area contributed by atoms with Crippen LogP contribution in [0, 0.1) is 39.9 Å². The van der Waals surface area contributed by atoms with Crippen molar-refractivity contribution >= 4 is 41.4 Å². The van der Waals surface area contributed by atoms with Gasteiger partial charge in [-0.25, -0.2) is 14.5 Å². The molecule has 0 radical (unpaired) electrons. The quantitative estimate of drug-likeness (QED) is 0.113. The van der Waals surface area contributed by atoms with Gasteiger partial charge in [0.2, 0.25) is 11.8 Å². The second-order valence-corrected chi connectivity index (χ2v) is 19.4. The number of carboxylic acid groups (broad SMARTS) is 3. The van der Waals surface area contributed by atoms with Gasteiger partial charge in [0.1, 0.15) is 11.2 Å². The van der Waals surface area contributed by atoms with Crippen molar-refractivity contribution < 1.29 is 83.1 Å². The summed E-state index contributed by atoms with van der Waals surface area (Å²) in [7, 11) is 6.70. The smallest absolute Gasteiger partial charge is 0.340 e. The highest BCUT2D eigenvalue weighted by atomic mass is 16.5. The number of carboxylic acids is 3. The number of aliphatic hydroxyl groups is 3. The number of aliphatic carboxylic acids is 3. The van der Waals surface area contributed by atoms with E-state index in [0.29, 0.717) is 25.9 Å². The summed E-state index contributed by atoms with van der Waals surface area (Å²) in [6.45, 7) is 6.69. The Hall–Kier alpha value is -4.08. The van der Waals surface area contributed by atoms with Crippen LogP contribution < -0.4 is 4.90 Å². The number of esters is 1. The largest absolute Gasteiger partial charge is 0.481 e. The number of para-hydroxylation sites is 1. The number of amides is 2. The number of benzene rings is 1. The average molecular weight is 889 g/mol. The topological polar surface area (TPSA) is 276 Å². The summed E-state index contributed by atoms with van der Waals surface area (Å²) in [6, 6.07) is 6.13. The van der Waals surface area contributed by atoms with Crippen LogP contribution in [0.25, 0.3) is 0 Å². The lowest BCUT2D eigenvalue weighted by atomic mass is 9.42. The predicted octanol–water partition coefficient (Wildman–Crippen LogP) is 1.18. The molecule has 2 heterocycles. The van der Waals surface area contributed by atoms with Crippen molar-refractivity contribution in [3.05, 3.63) is 29.8 Å². The van der Waals surface area contributed by atoms with Crippen LogP contribution in [-0.4, -0.2) is 167 Å². The number of piperidine rings is 1. The first kappa shape index (κ1) is 46.9. The Labute approximate surface area is 364 Å². The van der Waals surface area contributed by atoms with E-state index in [1.54, 1.807) is 66.6 Å². The van der Waals surface area contributed by atoms with Crippen molar-refractivity contribution in [2.24, 2.45) is 39.9 Å². The van der Waals surface area contributed by atoms with Crippen LogP contribution in [-0.2, 0) is 47.7 Å². The molecule has 8 rings (SSSR count). The van der Waals surface area contributed by atoms with E-state index >= 15 is 0 Å². The van der Waals surface area contributed by atoms with E-state index in [0.717, 1.165) is 11.3 Å². The molecular weight excluding hydrogens is 828 g/mol. The second-order valence-electron chi connectivity index (χ2n) is 19.4. The number of fused-ring (bicyclic) bond motifs is 2. The fourth-order valence-corrected chi connectivity index (χ4v) is 14.0. The first-order valence-corrected chi connectivity index (χ1v) is 21.4. The van der Waals surface area contributed by atoms with Crippen molar-refractivity contribution in [3.63, 3.8) is 0 Å². The number of carbonyl (C=O) groups is 6. The molecule has 63 heavy (non-hydrogen) atoms. The van der Waals surface area contributed by atoms with Gasteiger partial charge in [-0.3, -0.25) is 24.1 Å². The molecule has 2 amide bonds. The zero-order chi connectivity index (χ0) is 46.4. The fourth-order valence-electron chi connectivity index (χ4n) is 14.0. The third kappa shape index (κ3) is 6.50. The highest BCUT2D eigenvalue weighted by molar-refractivity contribution is 6.24. The maximum Gasteiger partial charge on any atom is 0.340 e. The Kier molecular flexibility index (Phi) is 12.0. The number of methoxy groups -OCH3 is 4. The van der Waals surface area contributed by atoms with Gasteiger partial charge in [-0.15, -0.1) is 0 Å². The van der Waals surface area contributed by atoms with Gasteiger partial charge >= 0.3 is 23.9 Å². The minimum atomic E-state index is -2.74. The number of hydrogen-bond donors (Lipinski definition) is 6. The van der Waals surface area contributed by atoms with Crippen molar-refractivity contribution in [2.45, 2.75) is 113 Å². The maximum atomic E-state index is 14.1. The lowest BCUT2D eigenvalue weighted by Crippen LogP contribution is -2.82. The number of anilines is 1. The maximum absolute atomic E-state index is 14.1. The Balaban J connectivity index is 0.000000399. The molecule has 0 aromatic heterocycles. The summed E-state index contributed by atoms with van der Waals surface area (Å²) in [5.41, 5.74) is -7.81. The number of likely N-dealkylation sites (tertiary alicyclic amines) is 1. The van der Waals surface area contributed by atoms with Crippen LogP contribution >= 0.6 is 0 Å². The number of carbonyl (C=O) groups excluding carboxylic acids is 3. The normalized spacial score (nSPS) is 39.4. The van der Waals surface area contributed by atoms with Crippen LogP contribution in [0.3, 0.4) is 0 Å². The number of nitrogens with zero attached hydrogens (tertiary/aromatic N) is 2. The second kappa shape index (κ2) is 16.1. The molecule has 1 aromatic rings. The molecule has 1 spiro atoms. The van der Waals surface area contributed by atoms with E-state index in [9.17, 15) is 39.0 Å². The molecule has 2 aliphatic heterocycles. The van der Waals surface area contributed by atoms with Crippen LogP contribution in [0.15, 0.2) is 24.3 Å². The summed E-state index contributed by atoms with van der Waals surface area (Å²) >= 11 is 0. The number of hydrogen-bond acceptors (Lipinski definition) is 15. The van der Waals surface area contributed by atoms with Crippen molar-refractivity contribution in [3.8, 4) is 0 Å². The number of ether oxygens (including phenoxy) is 5. The third-order valence-corrected chi connectivity index (χ3v) is 16.1. The molecule has 19 nitrogen and oxygen atoms in total. The van der Waals surface area contributed by atoms with Gasteiger partial charge in [-0.05, 0) is 43.9 Å². The molecule has 6 N–H and O–H groups in total. The van der Waals surface area contributed by atoms with Crippen LogP contribution in [0.4, 0.5) is 5.69 Å². The zero-order valence-electron chi connectivity index (χ0n) is 36.6. The zero-order valence-corrected chi connectivity index (χ0v) is 36.6. The highest BCUT2D eigenvalue weighted by Crippen LogP contribution is 2.80. The molecule has 5 saturated carbocycles. The first-order valence-electron chi connectivity index (χ1n) is 21.4. The Morgan fingerprint density at radius 2 is 1.57 bits per heavy atom. The minimum Gasteiger partial charge on any atom is -0.481 e. The molecule has 7 bridgehead atoms. The van der Waals surface area contributed by atoms with Gasteiger partial charge in [0.15, 0.2) is 5.60 Å². The predicted molar refractivity (Wildman–Crippen MR) is 216 cm³/mol. The van der Waals surface area contributed by atoms with Gasteiger partial charge in [0.05, 0.1) is 66.6 Å². The van der Waals surface area contributed by atoms with E-state index in [1.807, 2.05) is 0 Å². The standard InChI is InChI=1S/C38H52N2O10.C6H8O7/c1-8-39-18-35(19-50-31(42)20-11-9-10-12-23(20)40-26(41)17-34(2,3)33(40)43)14-13-25(47-5)37-22-15-21-24(46-4)16-36(44,27(22)28(21)48-6)38(45,32(37)39)30(49-7)29(35)37;7-3(8)1-6(13,5(11)12)2-4(9)10/h9-12,21-22,24-25,27-30,32,44-45H,8,13-19H2,1-7H3;13H,1-2H2,(H,7,8)(H,9,10)(H,11,12)/t21-,22-,24+,25+,27-,28+,29?,30+,32?,35-,36-,37+,38+;/m1./s1. The van der Waals surface area contributed by atoms with Crippen molar-refractivity contribution in [1.29, 1.82) is 0 Å². The summed E-state index contributed by atoms with van der Waals surface area (Å²) in [5.74, 6) is -7.08. The fraction of sp³-hybridized carbons (Fsp3) is 0.727. The molecule has 5 aliphatic carbocycles. The highest BCUT2D eigenvalue weighted by Gasteiger charge is 2.91. The Morgan fingerprint density at radius 3 is 2.10 bits per heavy atom. The van der Waals surface area contributed by atoms with Crippen LogP contribution in [0.2, 0.25) is 0 Å². The monoisotopic (exact) mass is 888 g/mol. The SMILES string of the molecule is CCN1C[C@@]2(COC(=O)c3ccccc3N3C(=O)CC(C)(C)C3=O)CC[C@H](OC)[C@@]34C2[C@H](OC)[C@](O)(C13)[C@@]1(O)C[C@H](OC)[C@H]2C[C@@H]4[C@@H]1[C@H]2OC.O=C(O)CC(O)(CC(=O)O)C(=O)O. The van der Waals surface area contributed by atoms with E-state index in [1.165, 1.54) is 0 Å². The van der Waals surface area contributed by atoms with Crippen LogP contribution in [0.5, 0.6) is 0 Å². The minimum absolute atomic E-state index is 0.0310. The van der Waals surface area contributed by atoms with Gasteiger partial charge in [0, 0.05) is 76.4 Å². The molecule has 348 valence electrons. The third-order valence-electron chi connectivity index (χ3n) is 16.1. The molecule has 2 unspecified atom stereocenters. The van der Waals surface area contributed by atoms with Gasteiger partial charge in [-0.1, -0.05) is 32.9 Å². The number of likely N-dealkylation sites (N-methyl/N-ethyl adjacent to an activating group) is 1. The Bertz CT molecular complexity index is 2030. The molecule has 19 heteroatoms. The van der Waals surface area contributed by atoms with E-state index in [-0.39, 0.29) is 84.5 Å². The summed E-state index contributed by atoms with van der Waals surface area (Å²) < 4.78 is 31.4. The lowest BCUT2D eigenvalue weighted by molar-refractivity contribution is -0.320. The average Bonchev–Trinajstić information content (AvgIpc) is 3.72. The Morgan fingerprint density at radius 1 is 0.921 bits per heavy atom. The molecule has 13 atom stereocenters. The van der Waals surface area contributed by atoms with Crippen LogP contribution in [0.1, 0.15) is 76.1 Å². The lowest BCUT2D eigenvalue weighted by Gasteiger charge is -2.70. The number of rotatable bonds is 14. The van der Waals surface area contributed by atoms with E-state index in [2.05, 4.69) is 11.8 Å².